The highest BCUT2D eigenvalue weighted by Crippen LogP contribution is 2.31. The van der Waals surface area contributed by atoms with Crippen LogP contribution in [0.1, 0.15) is 22.3 Å². The Morgan fingerprint density at radius 3 is 2.23 bits per heavy atom. The second-order valence-corrected chi connectivity index (χ2v) is 17.1. The molecule has 0 saturated carbocycles. The Morgan fingerprint density at radius 1 is 0.893 bits per heavy atom. The normalized spacial score (nSPS) is 14.0. The van der Waals surface area contributed by atoms with Crippen molar-refractivity contribution < 1.29 is 18.1 Å². The average molecular weight is 813 g/mol. The largest absolute Gasteiger partial charge is 0.376 e. The topological polar surface area (TPSA) is 128 Å². The molecule has 1 atom stereocenters. The van der Waals surface area contributed by atoms with E-state index in [1.807, 2.05) is 79.7 Å². The third kappa shape index (κ3) is 10.9. The SMILES string of the molecule is CN(C)CC[C@H](CSc1ccccc1)Nc1ccc(S(=O)(=O)NC(=O)c2ccc(N3CCN(Cc4cc(Cl)ccc4-c4ccccc4)CC3)cc2)cc1[N+](=O)[O-]. The van der Waals surface area contributed by atoms with E-state index >= 15 is 0 Å². The van der Waals surface area contributed by atoms with Gasteiger partial charge in [0.15, 0.2) is 0 Å². The van der Waals surface area contributed by atoms with Crippen LogP contribution in [-0.2, 0) is 16.6 Å². The van der Waals surface area contributed by atoms with Gasteiger partial charge in [0.25, 0.3) is 21.6 Å². The van der Waals surface area contributed by atoms with Crippen molar-refractivity contribution in [3.63, 3.8) is 0 Å². The van der Waals surface area contributed by atoms with Gasteiger partial charge in [-0.3, -0.25) is 19.8 Å². The van der Waals surface area contributed by atoms with Gasteiger partial charge in [-0.1, -0.05) is 66.2 Å². The van der Waals surface area contributed by atoms with Crippen molar-refractivity contribution in [2.45, 2.75) is 28.8 Å². The quantitative estimate of drug-likeness (QED) is 0.0577. The van der Waals surface area contributed by atoms with Crippen molar-refractivity contribution in [2.24, 2.45) is 0 Å². The number of halogens is 1. The number of thioether (sulfide) groups is 1. The third-order valence-electron chi connectivity index (χ3n) is 9.60. The van der Waals surface area contributed by atoms with Crippen molar-refractivity contribution in [1.29, 1.82) is 0 Å². The van der Waals surface area contributed by atoms with E-state index in [0.29, 0.717) is 17.2 Å². The summed E-state index contributed by atoms with van der Waals surface area (Å²) in [5.74, 6) is -0.191. The van der Waals surface area contributed by atoms with E-state index in [0.717, 1.165) is 67.0 Å². The number of sulfonamides is 1. The zero-order valence-corrected chi connectivity index (χ0v) is 33.7. The highest BCUT2D eigenvalue weighted by atomic mass is 35.5. The van der Waals surface area contributed by atoms with Gasteiger partial charge in [-0.25, -0.2) is 13.1 Å². The first-order chi connectivity index (χ1) is 26.9. The number of hydrogen-bond acceptors (Lipinski definition) is 10. The molecule has 1 heterocycles. The van der Waals surface area contributed by atoms with E-state index in [2.05, 4.69) is 38.0 Å². The van der Waals surface area contributed by atoms with Crippen LogP contribution in [0.15, 0.2) is 131 Å². The number of nitrogens with one attached hydrogen (secondary N) is 2. The van der Waals surface area contributed by atoms with Crippen LogP contribution >= 0.6 is 23.4 Å². The van der Waals surface area contributed by atoms with Gasteiger partial charge in [-0.2, -0.15) is 0 Å². The highest BCUT2D eigenvalue weighted by Gasteiger charge is 2.26. The molecule has 14 heteroatoms. The summed E-state index contributed by atoms with van der Waals surface area (Å²) in [7, 11) is -0.513. The summed E-state index contributed by atoms with van der Waals surface area (Å²) in [6.45, 7) is 4.70. The fourth-order valence-electron chi connectivity index (χ4n) is 6.56. The Labute approximate surface area is 337 Å². The molecule has 0 aromatic heterocycles. The number of benzene rings is 5. The zero-order valence-electron chi connectivity index (χ0n) is 31.3. The standard InChI is InChI=1S/C42H45ClN6O5S2/c1-46(2)22-21-35(30-55-37-11-7-4-8-12-37)44-40-20-18-38(28-41(40)49(51)52)56(53,54)45-42(50)32-13-16-36(17-14-32)48-25-23-47(24-26-48)29-33-27-34(43)15-19-39(33)31-9-5-3-6-10-31/h3-20,27-28,35,44H,21-26,29-30H2,1-2H3,(H,45,50)/t35-/m1/s1. The van der Waals surface area contributed by atoms with Gasteiger partial charge < -0.3 is 15.1 Å². The van der Waals surface area contributed by atoms with E-state index in [-0.39, 0.29) is 22.2 Å². The van der Waals surface area contributed by atoms with Gasteiger partial charge in [-0.15, -0.1) is 11.8 Å². The average Bonchev–Trinajstić information content (AvgIpc) is 3.20. The number of anilines is 2. The molecule has 5 aromatic carbocycles. The third-order valence-corrected chi connectivity index (χ3v) is 12.3. The van der Waals surface area contributed by atoms with Gasteiger partial charge >= 0.3 is 0 Å². The predicted molar refractivity (Wildman–Crippen MR) is 226 cm³/mol. The molecule has 6 rings (SSSR count). The molecule has 11 nitrogen and oxygen atoms in total. The van der Waals surface area contributed by atoms with Crippen LogP contribution in [0.5, 0.6) is 0 Å². The summed E-state index contributed by atoms with van der Waals surface area (Å²) < 4.78 is 28.8. The van der Waals surface area contributed by atoms with Gasteiger partial charge in [0.2, 0.25) is 0 Å². The van der Waals surface area contributed by atoms with Crippen LogP contribution in [-0.4, -0.2) is 87.7 Å². The number of piperazine rings is 1. The molecule has 5 aromatic rings. The Kier molecular flexibility index (Phi) is 13.7. The van der Waals surface area contributed by atoms with Gasteiger partial charge in [0.1, 0.15) is 5.69 Å². The molecule has 1 aliphatic heterocycles. The van der Waals surface area contributed by atoms with Crippen molar-refractivity contribution >= 4 is 56.4 Å². The van der Waals surface area contributed by atoms with Gasteiger partial charge in [0.05, 0.1) is 9.82 Å². The maximum Gasteiger partial charge on any atom is 0.293 e. The van der Waals surface area contributed by atoms with Crippen LogP contribution in [0.4, 0.5) is 17.1 Å². The van der Waals surface area contributed by atoms with Crippen molar-refractivity contribution in [2.75, 3.05) is 62.8 Å². The number of rotatable bonds is 16. The fraction of sp³-hybridized carbons (Fsp3) is 0.262. The number of carbonyl (C=O) groups excluding carboxylic acids is 1. The minimum atomic E-state index is -4.43. The van der Waals surface area contributed by atoms with Crippen molar-refractivity contribution in [1.82, 2.24) is 14.5 Å². The van der Waals surface area contributed by atoms with Crippen LogP contribution in [0.25, 0.3) is 11.1 Å². The molecule has 1 fully saturated rings. The Bertz CT molecular complexity index is 2220. The first-order valence-corrected chi connectivity index (χ1v) is 21.2. The lowest BCUT2D eigenvalue weighted by atomic mass is 9.99. The first kappa shape index (κ1) is 40.7. The number of nitro groups is 1. The Hall–Kier alpha value is -4.92. The summed E-state index contributed by atoms with van der Waals surface area (Å²) in [5.41, 5.74) is 4.36. The lowest BCUT2D eigenvalue weighted by molar-refractivity contribution is -0.384. The molecule has 1 aliphatic rings. The smallest absolute Gasteiger partial charge is 0.293 e. The molecular weight excluding hydrogens is 768 g/mol. The summed E-state index contributed by atoms with van der Waals surface area (Å²) in [6.07, 6.45) is 0.703. The van der Waals surface area contributed by atoms with Crippen LogP contribution < -0.4 is 14.9 Å². The summed E-state index contributed by atoms with van der Waals surface area (Å²) in [5, 5.41) is 16.1. The second-order valence-electron chi connectivity index (χ2n) is 13.9. The molecular formula is C42H45ClN6O5S2. The molecule has 0 radical (unpaired) electrons. The van der Waals surface area contributed by atoms with E-state index in [1.54, 1.807) is 36.0 Å². The summed E-state index contributed by atoms with van der Waals surface area (Å²) >= 11 is 8.02. The van der Waals surface area contributed by atoms with Crippen LogP contribution in [0, 0.1) is 10.1 Å². The zero-order chi connectivity index (χ0) is 39.7. The van der Waals surface area contributed by atoms with Crippen LogP contribution in [0.3, 0.4) is 0 Å². The van der Waals surface area contributed by atoms with Gasteiger partial charge in [0, 0.05) is 71.8 Å². The molecule has 0 bridgehead atoms. The number of nitrogens with zero attached hydrogens (tertiary/aromatic N) is 4. The molecule has 56 heavy (non-hydrogen) atoms. The lowest BCUT2D eigenvalue weighted by Crippen LogP contribution is -2.46. The molecule has 0 aliphatic carbocycles. The molecule has 2 N–H and O–H groups in total. The number of hydrogen-bond donors (Lipinski definition) is 2. The first-order valence-electron chi connectivity index (χ1n) is 18.3. The predicted octanol–water partition coefficient (Wildman–Crippen LogP) is 7.88. The van der Waals surface area contributed by atoms with Crippen LogP contribution in [0.2, 0.25) is 5.02 Å². The maximum absolute atomic E-state index is 13.4. The molecule has 292 valence electrons. The van der Waals surface area contributed by atoms with Gasteiger partial charge in [-0.05, 0) is 104 Å². The van der Waals surface area contributed by atoms with E-state index in [4.69, 9.17) is 11.6 Å². The maximum atomic E-state index is 13.4. The fourth-order valence-corrected chi connectivity index (χ4v) is 8.74. The summed E-state index contributed by atoms with van der Waals surface area (Å²) in [4.78, 5) is 32.1. The molecule has 1 saturated heterocycles. The number of carbonyl (C=O) groups is 1. The lowest BCUT2D eigenvalue weighted by Gasteiger charge is -2.36. The minimum absolute atomic E-state index is 0.141. The molecule has 0 unspecified atom stereocenters. The minimum Gasteiger partial charge on any atom is -0.376 e. The Morgan fingerprint density at radius 2 is 1.57 bits per heavy atom. The monoisotopic (exact) mass is 812 g/mol. The van der Waals surface area contributed by atoms with E-state index < -0.39 is 26.5 Å². The molecule has 0 spiro atoms. The number of nitro benzene ring substituents is 1. The van der Waals surface area contributed by atoms with E-state index in [9.17, 15) is 23.3 Å². The summed E-state index contributed by atoms with van der Waals surface area (Å²) in [6, 6.07) is 36.4. The molecule has 1 amide bonds. The van der Waals surface area contributed by atoms with E-state index in [1.165, 1.54) is 17.7 Å². The van der Waals surface area contributed by atoms with Crippen molar-refractivity contribution in [3.8, 4) is 11.1 Å². The van der Waals surface area contributed by atoms with Crippen molar-refractivity contribution in [3.05, 3.63) is 148 Å². The highest BCUT2D eigenvalue weighted by molar-refractivity contribution is 7.99. The Balaban J connectivity index is 1.06. The second kappa shape index (κ2) is 18.8. The number of amides is 1.